The van der Waals surface area contributed by atoms with Gasteiger partial charge in [-0.1, -0.05) is 110 Å². The maximum Gasteiger partial charge on any atom is 0.343 e. The molecule has 0 radical (unpaired) electrons. The highest BCUT2D eigenvalue weighted by Crippen LogP contribution is 2.55. The first-order chi connectivity index (χ1) is 32.4. The van der Waals surface area contributed by atoms with Gasteiger partial charge in [0.25, 0.3) is 10.1 Å². The molecule has 16 nitrogen and oxygen atoms in total. The topological polar surface area (TPSA) is 235 Å². The van der Waals surface area contributed by atoms with Crippen LogP contribution in [0, 0.1) is 6.92 Å². The highest BCUT2D eigenvalue weighted by Gasteiger charge is 2.46. The number of benzene rings is 3. The summed E-state index contributed by atoms with van der Waals surface area (Å²) in [7, 11) is -5.48. The summed E-state index contributed by atoms with van der Waals surface area (Å²) in [6.07, 6.45) is 5.39. The number of likely N-dealkylation sites (tertiary alicyclic amines) is 1. The Balaban J connectivity index is 1.18. The molecule has 3 aliphatic rings. The standard InChI is InChI=1S/C50H62BrN6O10PS/c1-31-15-8-9-16-36(31)49(2,3)41(52-6)27-34-44(35(45(34)59)28-42-50(4,5)37-17-10-11-18-39(37)56(42)7)57-26-14-19-40(57)48(61)55-38(30-69(65,66)67)47(60)53-25-13-12-20-43(58)54-29-32-21-23-33(24-22-32)46(51)68(62,63)64/h8-11,15-18,21-24,27-28,38,40,46H,12-14,19-20,25-26,29-30H2,1-7H3,(H,53,60)(H,54,58)(H,55,61)(H2,62,63,64)(H,65,66,67)/b34-27-,42-28+,52-41?/t38?,40-,46?/m1/s1. The minimum absolute atomic E-state index is 0.0459. The van der Waals surface area contributed by atoms with Crippen LogP contribution < -0.4 is 20.9 Å². The molecule has 1 aliphatic carbocycles. The Morgan fingerprint density at radius 2 is 1.68 bits per heavy atom. The molecule has 1 saturated heterocycles. The summed E-state index contributed by atoms with van der Waals surface area (Å²) in [5.74, 6) is -3.04. The summed E-state index contributed by atoms with van der Waals surface area (Å²) in [4.78, 5) is 82.4. The molecule has 3 aromatic rings. The predicted octanol–water partition coefficient (Wildman–Crippen LogP) is 6.43. The maximum absolute atomic E-state index is 14.6. The van der Waals surface area contributed by atoms with E-state index in [0.29, 0.717) is 60.3 Å². The van der Waals surface area contributed by atoms with Crippen LogP contribution in [0.2, 0.25) is 0 Å². The summed E-state index contributed by atoms with van der Waals surface area (Å²) in [6.45, 7) is 10.9. The van der Waals surface area contributed by atoms with Crippen LogP contribution in [0.5, 0.6) is 0 Å². The highest BCUT2D eigenvalue weighted by atomic mass is 79.9. The van der Waals surface area contributed by atoms with Gasteiger partial charge in [-0.05, 0) is 78.6 Å². The number of likely N-dealkylation sites (N-methyl/N-ethyl adjacent to an activating group) is 1. The van der Waals surface area contributed by atoms with Gasteiger partial charge in [0, 0.05) is 79.2 Å². The van der Waals surface area contributed by atoms with E-state index in [4.69, 9.17) is 0 Å². The van der Waals surface area contributed by atoms with Crippen molar-refractivity contribution < 1.29 is 46.5 Å². The fraction of sp³-hybridized carbons (Fsp3) is 0.420. The van der Waals surface area contributed by atoms with Crippen LogP contribution in [0.15, 0.2) is 112 Å². The van der Waals surface area contributed by atoms with Crippen LogP contribution in [-0.4, -0.2) is 102 Å². The minimum atomic E-state index is -4.75. The van der Waals surface area contributed by atoms with E-state index in [1.54, 1.807) is 37.4 Å². The van der Waals surface area contributed by atoms with Crippen molar-refractivity contribution in [1.29, 1.82) is 0 Å². The molecule has 2 unspecified atom stereocenters. The number of nitrogens with zero attached hydrogens (tertiary/aromatic N) is 3. The van der Waals surface area contributed by atoms with E-state index in [1.807, 2.05) is 81.3 Å². The predicted molar refractivity (Wildman–Crippen MR) is 271 cm³/mol. The number of alkyl halides is 1. The first-order valence-electron chi connectivity index (χ1n) is 22.8. The van der Waals surface area contributed by atoms with E-state index in [0.717, 1.165) is 33.6 Å². The van der Waals surface area contributed by atoms with Gasteiger partial charge in [-0.15, -0.1) is 0 Å². The second kappa shape index (κ2) is 21.4. The van der Waals surface area contributed by atoms with Gasteiger partial charge in [-0.3, -0.25) is 33.3 Å². The fourth-order valence-electron chi connectivity index (χ4n) is 9.48. The van der Waals surface area contributed by atoms with Gasteiger partial charge < -0.3 is 35.5 Å². The smallest absolute Gasteiger partial charge is 0.343 e. The number of amides is 3. The maximum atomic E-state index is 14.6. The number of aryl methyl sites for hydroxylation is 1. The van der Waals surface area contributed by atoms with E-state index in [1.165, 1.54) is 0 Å². The molecule has 3 atom stereocenters. The molecule has 3 amide bonds. The lowest BCUT2D eigenvalue weighted by atomic mass is 9.74. The quantitative estimate of drug-likeness (QED) is 0.0190. The zero-order valence-corrected chi connectivity index (χ0v) is 43.3. The molecular weight excluding hydrogens is 988 g/mol. The average molecular weight is 1050 g/mol. The third-order valence-electron chi connectivity index (χ3n) is 13.2. The molecular formula is C50H62BrN6O10PS. The third-order valence-corrected chi connectivity index (χ3v) is 17.0. The van der Waals surface area contributed by atoms with E-state index >= 15 is 0 Å². The first-order valence-corrected chi connectivity index (χ1v) is 27.0. The number of rotatable bonds is 19. The number of Topliss-reactive ketones (excluding diaryl/α,β-unsaturated/α-hetero) is 1. The summed E-state index contributed by atoms with van der Waals surface area (Å²) in [5, 5.41) is 8.00. The second-order valence-corrected chi connectivity index (χ2v) is 23.6. The van der Waals surface area contributed by atoms with Gasteiger partial charge in [-0.2, -0.15) is 8.42 Å². The summed E-state index contributed by atoms with van der Waals surface area (Å²) in [6, 6.07) is 19.9. The number of hydrogen-bond donors (Lipinski definition) is 6. The number of hydrogen-bond acceptors (Lipinski definition) is 10. The first kappa shape index (κ1) is 53.1. The van der Waals surface area contributed by atoms with E-state index in [-0.39, 0.29) is 31.2 Å². The number of carbonyl (C=O) groups excluding carboxylic acids is 4. The van der Waals surface area contributed by atoms with Crippen molar-refractivity contribution >= 4 is 68.5 Å². The van der Waals surface area contributed by atoms with E-state index < -0.39 is 62.8 Å². The van der Waals surface area contributed by atoms with Crippen LogP contribution in [0.25, 0.3) is 0 Å². The largest absolute Gasteiger partial charge is 0.358 e. The second-order valence-electron chi connectivity index (χ2n) is 18.8. The lowest BCUT2D eigenvalue weighted by Crippen LogP contribution is -2.55. The monoisotopic (exact) mass is 1050 g/mol. The van der Waals surface area contributed by atoms with Gasteiger partial charge in [0.2, 0.25) is 17.7 Å². The summed E-state index contributed by atoms with van der Waals surface area (Å²) >= 11 is 3.01. The van der Waals surface area contributed by atoms with Crippen LogP contribution >= 0.6 is 23.5 Å². The van der Waals surface area contributed by atoms with Crippen molar-refractivity contribution in [3.63, 3.8) is 0 Å². The number of carbonyl (C=O) groups is 4. The number of fused-ring (bicyclic) bond motifs is 1. The van der Waals surface area contributed by atoms with Crippen molar-refractivity contribution in [1.82, 2.24) is 20.9 Å². The molecule has 2 aliphatic heterocycles. The zero-order valence-electron chi connectivity index (χ0n) is 40.0. The van der Waals surface area contributed by atoms with Crippen molar-refractivity contribution in [2.45, 2.75) is 101 Å². The molecule has 1 fully saturated rings. The Hall–Kier alpha value is -5.23. The van der Waals surface area contributed by atoms with Gasteiger partial charge in [-0.25, -0.2) is 0 Å². The molecule has 19 heteroatoms. The summed E-state index contributed by atoms with van der Waals surface area (Å²) in [5.41, 5.74) is 7.13. The zero-order chi connectivity index (χ0) is 50.6. The van der Waals surface area contributed by atoms with Crippen LogP contribution in [0.1, 0.15) is 92.2 Å². The molecule has 3 aromatic carbocycles. The Morgan fingerprint density at radius 3 is 2.32 bits per heavy atom. The normalized spacial score (nSPS) is 19.4. The number of halogens is 1. The van der Waals surface area contributed by atoms with Gasteiger partial charge in [0.15, 0.2) is 5.78 Å². The molecule has 370 valence electrons. The van der Waals surface area contributed by atoms with Crippen molar-refractivity contribution in [3.05, 3.63) is 135 Å². The van der Waals surface area contributed by atoms with Crippen LogP contribution in [-0.2, 0) is 51.2 Å². The third kappa shape index (κ3) is 12.0. The SMILES string of the molecule is CN=C(/C=C1\C(=O)C(/C=C2/N(C)c3ccccc3C2(C)C)=C1N1CCC[C@@H]1C(=O)NC(CS(=O)(=O)O)C(=O)NCCCCC(=O)NCc1ccc(C(Br)P(=O)(O)O)cc1)C(C)(C)c1ccccc1C. The molecule has 0 bridgehead atoms. The van der Waals surface area contributed by atoms with Gasteiger partial charge in [0.05, 0.1) is 5.70 Å². The molecule has 0 aromatic heterocycles. The Bertz CT molecular complexity index is 2780. The number of ketones is 1. The number of nitrogens with one attached hydrogen (secondary N) is 3. The van der Waals surface area contributed by atoms with Crippen molar-refractivity contribution in [3.8, 4) is 0 Å². The van der Waals surface area contributed by atoms with Crippen LogP contribution in [0.4, 0.5) is 5.69 Å². The molecule has 0 spiro atoms. The van der Waals surface area contributed by atoms with Gasteiger partial charge in [0.1, 0.15) is 22.4 Å². The Morgan fingerprint density at radius 1 is 1.01 bits per heavy atom. The van der Waals surface area contributed by atoms with Crippen LogP contribution in [0.3, 0.4) is 0 Å². The number of allylic oxidation sites excluding steroid dienone is 5. The highest BCUT2D eigenvalue weighted by molar-refractivity contribution is 9.10. The van der Waals surface area contributed by atoms with E-state index in [9.17, 15) is 46.5 Å². The molecule has 0 saturated carbocycles. The van der Waals surface area contributed by atoms with Crippen molar-refractivity contribution in [2.24, 2.45) is 4.99 Å². The number of anilines is 1. The van der Waals surface area contributed by atoms with Crippen molar-refractivity contribution in [2.75, 3.05) is 37.8 Å². The number of unbranched alkanes of at least 4 members (excludes halogenated alkanes) is 1. The lowest BCUT2D eigenvalue weighted by Gasteiger charge is -2.38. The minimum Gasteiger partial charge on any atom is -0.358 e. The number of para-hydroxylation sites is 1. The van der Waals surface area contributed by atoms with E-state index in [2.05, 4.69) is 61.7 Å². The fourth-order valence-corrected chi connectivity index (χ4v) is 11.0. The lowest BCUT2D eigenvalue weighted by molar-refractivity contribution is -0.130. The van der Waals surface area contributed by atoms with Gasteiger partial charge >= 0.3 is 7.60 Å². The number of aliphatic imine (C=N–C) groups is 1. The molecule has 69 heavy (non-hydrogen) atoms. The molecule has 2 heterocycles. The Kier molecular flexibility index (Phi) is 16.5. The average Bonchev–Trinajstić information content (AvgIpc) is 3.84. The molecule has 6 N–H and O–H groups in total. The Labute approximate surface area is 412 Å². The summed E-state index contributed by atoms with van der Waals surface area (Å²) < 4.78 is 44.7. The molecule has 6 rings (SSSR count).